The van der Waals surface area contributed by atoms with Crippen molar-refractivity contribution in [2.75, 3.05) is 32.8 Å². The minimum absolute atomic E-state index is 0.538. The Morgan fingerprint density at radius 1 is 0.958 bits per heavy atom. The third-order valence-corrected chi connectivity index (χ3v) is 5.37. The Hall–Kier alpha value is -1.62. The van der Waals surface area contributed by atoms with Gasteiger partial charge in [-0.1, -0.05) is 30.3 Å². The summed E-state index contributed by atoms with van der Waals surface area (Å²) in [6.45, 7) is 5.90. The highest BCUT2D eigenvalue weighted by molar-refractivity contribution is 5.17. The van der Waals surface area contributed by atoms with Gasteiger partial charge in [0.2, 0.25) is 0 Å². The van der Waals surface area contributed by atoms with E-state index in [1.165, 1.54) is 12.0 Å². The normalized spacial score (nSPS) is 26.0. The van der Waals surface area contributed by atoms with Gasteiger partial charge in [0.05, 0.1) is 26.0 Å². The van der Waals surface area contributed by atoms with Crippen LogP contribution in [0.4, 0.5) is 0 Å². The van der Waals surface area contributed by atoms with Crippen LogP contribution in [-0.4, -0.2) is 54.7 Å². The molecule has 1 aromatic heterocycles. The lowest BCUT2D eigenvalue weighted by Crippen LogP contribution is -2.50. The molecule has 0 N–H and O–H groups in total. The SMILES string of the molecule is c1ccc(C[C@H]2[C@H](N3CCOCC3)CCN2Cc2ccco2)cc1. The molecule has 0 radical (unpaired) electrons. The highest BCUT2D eigenvalue weighted by atomic mass is 16.5. The fraction of sp³-hybridized carbons (Fsp3) is 0.500. The molecule has 0 bridgehead atoms. The van der Waals surface area contributed by atoms with E-state index in [1.807, 2.05) is 6.07 Å². The summed E-state index contributed by atoms with van der Waals surface area (Å²) in [5.41, 5.74) is 1.42. The van der Waals surface area contributed by atoms with Crippen LogP contribution in [0.2, 0.25) is 0 Å². The van der Waals surface area contributed by atoms with E-state index in [4.69, 9.17) is 9.15 Å². The molecule has 0 saturated carbocycles. The average Bonchev–Trinajstić information content (AvgIpc) is 3.28. The fourth-order valence-corrected chi connectivity index (χ4v) is 4.15. The molecule has 2 aliphatic heterocycles. The maximum Gasteiger partial charge on any atom is 0.117 e. The average molecular weight is 326 g/mol. The molecule has 2 aliphatic rings. The molecular weight excluding hydrogens is 300 g/mol. The number of morpholine rings is 1. The van der Waals surface area contributed by atoms with E-state index in [9.17, 15) is 0 Å². The molecule has 128 valence electrons. The van der Waals surface area contributed by atoms with Crippen molar-refractivity contribution in [1.82, 2.24) is 9.80 Å². The molecule has 1 aromatic carbocycles. The first-order valence-electron chi connectivity index (χ1n) is 9.02. The van der Waals surface area contributed by atoms with Gasteiger partial charge in [-0.3, -0.25) is 9.80 Å². The Morgan fingerprint density at radius 2 is 1.79 bits per heavy atom. The number of likely N-dealkylation sites (tertiary alicyclic amines) is 1. The minimum Gasteiger partial charge on any atom is -0.468 e. The smallest absolute Gasteiger partial charge is 0.117 e. The second-order valence-electron chi connectivity index (χ2n) is 6.81. The largest absolute Gasteiger partial charge is 0.468 e. The van der Waals surface area contributed by atoms with Crippen LogP contribution in [0.1, 0.15) is 17.7 Å². The quantitative estimate of drug-likeness (QED) is 0.845. The van der Waals surface area contributed by atoms with Crippen LogP contribution < -0.4 is 0 Å². The standard InChI is InChI=1S/C20H26N2O2/c1-2-5-17(6-3-1)15-20-19(21-10-13-23-14-11-21)8-9-22(20)16-18-7-4-12-24-18/h1-7,12,19-20H,8-11,13-16H2/t19-,20+/m1/s1. The Bertz CT molecular complexity index is 608. The van der Waals surface area contributed by atoms with Gasteiger partial charge in [0.1, 0.15) is 5.76 Å². The van der Waals surface area contributed by atoms with Gasteiger partial charge in [0.25, 0.3) is 0 Å². The molecule has 2 aromatic rings. The summed E-state index contributed by atoms with van der Waals surface area (Å²) in [5, 5.41) is 0. The molecule has 0 spiro atoms. The third kappa shape index (κ3) is 3.56. The summed E-state index contributed by atoms with van der Waals surface area (Å²) in [4.78, 5) is 5.24. The molecule has 4 rings (SSSR count). The molecule has 4 heteroatoms. The molecule has 2 fully saturated rings. The summed E-state index contributed by atoms with van der Waals surface area (Å²) >= 11 is 0. The Morgan fingerprint density at radius 3 is 2.54 bits per heavy atom. The van der Waals surface area contributed by atoms with Crippen LogP contribution in [0, 0.1) is 0 Å². The molecule has 4 nitrogen and oxygen atoms in total. The second kappa shape index (κ2) is 7.51. The Balaban J connectivity index is 1.52. The van der Waals surface area contributed by atoms with E-state index < -0.39 is 0 Å². The van der Waals surface area contributed by atoms with E-state index in [0.717, 1.165) is 51.6 Å². The number of nitrogens with zero attached hydrogens (tertiary/aromatic N) is 2. The molecular formula is C20H26N2O2. The van der Waals surface area contributed by atoms with E-state index >= 15 is 0 Å². The first-order chi connectivity index (χ1) is 11.9. The van der Waals surface area contributed by atoms with E-state index in [0.29, 0.717) is 12.1 Å². The molecule has 0 unspecified atom stereocenters. The predicted molar refractivity (Wildman–Crippen MR) is 93.8 cm³/mol. The topological polar surface area (TPSA) is 28.9 Å². The van der Waals surface area contributed by atoms with Gasteiger partial charge >= 0.3 is 0 Å². The van der Waals surface area contributed by atoms with Gasteiger partial charge < -0.3 is 9.15 Å². The van der Waals surface area contributed by atoms with Crippen LogP contribution in [0.3, 0.4) is 0 Å². The van der Waals surface area contributed by atoms with E-state index in [2.05, 4.69) is 46.2 Å². The molecule has 2 atom stereocenters. The zero-order valence-electron chi connectivity index (χ0n) is 14.1. The van der Waals surface area contributed by atoms with Crippen LogP contribution in [-0.2, 0) is 17.7 Å². The number of rotatable bonds is 5. The fourth-order valence-electron chi connectivity index (χ4n) is 4.15. The van der Waals surface area contributed by atoms with Crippen molar-refractivity contribution in [1.29, 1.82) is 0 Å². The van der Waals surface area contributed by atoms with Crippen LogP contribution in [0.5, 0.6) is 0 Å². The zero-order valence-corrected chi connectivity index (χ0v) is 14.1. The number of hydrogen-bond acceptors (Lipinski definition) is 4. The summed E-state index contributed by atoms with van der Waals surface area (Å²) in [6, 6.07) is 16.1. The van der Waals surface area contributed by atoms with Crippen molar-refractivity contribution in [3.05, 3.63) is 60.1 Å². The second-order valence-corrected chi connectivity index (χ2v) is 6.81. The lowest BCUT2D eigenvalue weighted by atomic mass is 9.98. The third-order valence-electron chi connectivity index (χ3n) is 5.37. The number of ether oxygens (including phenoxy) is 1. The molecule has 24 heavy (non-hydrogen) atoms. The molecule has 0 aliphatic carbocycles. The highest BCUT2D eigenvalue weighted by Crippen LogP contribution is 2.28. The highest BCUT2D eigenvalue weighted by Gasteiger charge is 2.38. The van der Waals surface area contributed by atoms with Crippen LogP contribution in [0.25, 0.3) is 0 Å². The number of furan rings is 1. The monoisotopic (exact) mass is 326 g/mol. The lowest BCUT2D eigenvalue weighted by Gasteiger charge is -2.37. The van der Waals surface area contributed by atoms with Gasteiger partial charge in [-0.25, -0.2) is 0 Å². The van der Waals surface area contributed by atoms with Crippen LogP contribution >= 0.6 is 0 Å². The number of benzene rings is 1. The summed E-state index contributed by atoms with van der Waals surface area (Å²) < 4.78 is 11.2. The molecule has 2 saturated heterocycles. The Kier molecular flexibility index (Phi) is 4.97. The summed E-state index contributed by atoms with van der Waals surface area (Å²) in [6.07, 6.45) is 4.11. The van der Waals surface area contributed by atoms with Gasteiger partial charge in [0.15, 0.2) is 0 Å². The minimum atomic E-state index is 0.538. The van der Waals surface area contributed by atoms with Gasteiger partial charge in [-0.05, 0) is 30.5 Å². The molecule has 3 heterocycles. The first kappa shape index (κ1) is 15.9. The molecule has 0 amide bonds. The van der Waals surface area contributed by atoms with Gasteiger partial charge in [-0.15, -0.1) is 0 Å². The first-order valence-corrected chi connectivity index (χ1v) is 9.02. The predicted octanol–water partition coefficient (Wildman–Crippen LogP) is 2.80. The van der Waals surface area contributed by atoms with Gasteiger partial charge in [-0.2, -0.15) is 0 Å². The maximum absolute atomic E-state index is 5.60. The van der Waals surface area contributed by atoms with Crippen molar-refractivity contribution in [3.8, 4) is 0 Å². The number of hydrogen-bond donors (Lipinski definition) is 0. The Labute approximate surface area is 144 Å². The lowest BCUT2D eigenvalue weighted by molar-refractivity contribution is 0.00756. The zero-order chi connectivity index (χ0) is 16.2. The van der Waals surface area contributed by atoms with E-state index in [-0.39, 0.29) is 0 Å². The van der Waals surface area contributed by atoms with Crippen LogP contribution in [0.15, 0.2) is 53.1 Å². The van der Waals surface area contributed by atoms with Crippen molar-refractivity contribution < 1.29 is 9.15 Å². The van der Waals surface area contributed by atoms with Crippen molar-refractivity contribution in [2.45, 2.75) is 31.5 Å². The maximum atomic E-state index is 5.60. The van der Waals surface area contributed by atoms with Crippen molar-refractivity contribution in [2.24, 2.45) is 0 Å². The summed E-state index contributed by atoms with van der Waals surface area (Å²) in [7, 11) is 0. The van der Waals surface area contributed by atoms with E-state index in [1.54, 1.807) is 6.26 Å². The summed E-state index contributed by atoms with van der Waals surface area (Å²) in [5.74, 6) is 1.07. The van der Waals surface area contributed by atoms with Gasteiger partial charge in [0, 0.05) is 31.7 Å². The van der Waals surface area contributed by atoms with Crippen molar-refractivity contribution in [3.63, 3.8) is 0 Å². The van der Waals surface area contributed by atoms with Crippen molar-refractivity contribution >= 4 is 0 Å².